The lowest BCUT2D eigenvalue weighted by Gasteiger charge is -2.19. The Morgan fingerprint density at radius 1 is 0.426 bits per heavy atom. The monoisotopic (exact) mass is 758 g/mol. The van der Waals surface area contributed by atoms with Crippen molar-refractivity contribution in [3.05, 3.63) is 36.5 Å². The highest BCUT2D eigenvalue weighted by molar-refractivity contribution is 5.76. The molecule has 0 rings (SSSR count). The Bertz CT molecular complexity index is 821. The molecule has 0 saturated heterocycles. The van der Waals surface area contributed by atoms with Gasteiger partial charge < -0.3 is 15.5 Å². The molecule has 0 fully saturated rings. The Hall–Kier alpha value is -1.39. The molecule has 1 amide bonds. The topological polar surface area (TPSA) is 69.6 Å². The van der Waals surface area contributed by atoms with E-state index in [9.17, 15) is 15.0 Å². The summed E-state index contributed by atoms with van der Waals surface area (Å²) in [6.07, 6.45) is 61.3. The fourth-order valence-corrected chi connectivity index (χ4v) is 7.37. The first kappa shape index (κ1) is 52.6. The summed E-state index contributed by atoms with van der Waals surface area (Å²) >= 11 is 0. The van der Waals surface area contributed by atoms with Crippen molar-refractivity contribution >= 4 is 5.91 Å². The summed E-state index contributed by atoms with van der Waals surface area (Å²) in [6, 6.07) is -0.637. The van der Waals surface area contributed by atoms with E-state index in [0.717, 1.165) is 32.1 Å². The molecule has 0 spiro atoms. The highest BCUT2D eigenvalue weighted by Crippen LogP contribution is 2.15. The summed E-state index contributed by atoms with van der Waals surface area (Å²) in [5.41, 5.74) is 0. The van der Waals surface area contributed by atoms with Crippen LogP contribution in [0.1, 0.15) is 258 Å². The van der Waals surface area contributed by atoms with Gasteiger partial charge in [-0.3, -0.25) is 4.79 Å². The molecule has 0 saturated carbocycles. The minimum atomic E-state index is -0.860. The van der Waals surface area contributed by atoms with Crippen molar-refractivity contribution in [1.29, 1.82) is 0 Å². The van der Waals surface area contributed by atoms with Crippen LogP contribution in [0.25, 0.3) is 0 Å². The quantitative estimate of drug-likeness (QED) is 0.0428. The minimum absolute atomic E-state index is 0.0719. The second-order valence-corrected chi connectivity index (χ2v) is 16.5. The van der Waals surface area contributed by atoms with Crippen molar-refractivity contribution in [3.63, 3.8) is 0 Å². The second kappa shape index (κ2) is 46.0. The van der Waals surface area contributed by atoms with E-state index in [1.807, 2.05) is 6.08 Å². The predicted octanol–water partition coefficient (Wildman–Crippen LogP) is 15.4. The van der Waals surface area contributed by atoms with Crippen molar-refractivity contribution in [2.24, 2.45) is 0 Å². The Balaban J connectivity index is 3.54. The van der Waals surface area contributed by atoms with E-state index < -0.39 is 12.1 Å². The number of carbonyl (C=O) groups excluding carboxylic acids is 1. The van der Waals surface area contributed by atoms with Gasteiger partial charge in [0.2, 0.25) is 5.91 Å². The molecule has 318 valence electrons. The van der Waals surface area contributed by atoms with Gasteiger partial charge in [-0.05, 0) is 57.8 Å². The fourth-order valence-electron chi connectivity index (χ4n) is 7.37. The van der Waals surface area contributed by atoms with E-state index >= 15 is 0 Å². The number of unbranched alkanes of at least 4 members (excludes halogenated alkanes) is 33. The van der Waals surface area contributed by atoms with E-state index in [4.69, 9.17) is 0 Å². The zero-order valence-corrected chi connectivity index (χ0v) is 36.5. The first-order valence-electron chi connectivity index (χ1n) is 24.2. The van der Waals surface area contributed by atoms with Crippen LogP contribution in [0.4, 0.5) is 0 Å². The predicted molar refractivity (Wildman–Crippen MR) is 239 cm³/mol. The average molecular weight is 758 g/mol. The highest BCUT2D eigenvalue weighted by Gasteiger charge is 2.17. The molecule has 2 unspecified atom stereocenters. The molecule has 2 atom stereocenters. The second-order valence-electron chi connectivity index (χ2n) is 16.5. The third-order valence-corrected chi connectivity index (χ3v) is 11.1. The van der Waals surface area contributed by atoms with Crippen molar-refractivity contribution in [2.75, 3.05) is 6.61 Å². The summed E-state index contributed by atoms with van der Waals surface area (Å²) in [7, 11) is 0. The van der Waals surface area contributed by atoms with E-state index in [-0.39, 0.29) is 12.5 Å². The van der Waals surface area contributed by atoms with Gasteiger partial charge in [-0.15, -0.1) is 0 Å². The minimum Gasteiger partial charge on any atom is -0.394 e. The van der Waals surface area contributed by atoms with E-state index in [1.165, 1.54) is 205 Å². The summed E-state index contributed by atoms with van der Waals surface area (Å²) in [5.74, 6) is -0.0719. The molecule has 54 heavy (non-hydrogen) atoms. The third-order valence-electron chi connectivity index (χ3n) is 11.1. The molecule has 0 aliphatic heterocycles. The van der Waals surface area contributed by atoms with Gasteiger partial charge in [0.25, 0.3) is 0 Å². The van der Waals surface area contributed by atoms with Crippen LogP contribution >= 0.6 is 0 Å². The van der Waals surface area contributed by atoms with Gasteiger partial charge >= 0.3 is 0 Å². The highest BCUT2D eigenvalue weighted by atomic mass is 16.3. The normalized spacial score (nSPS) is 13.2. The van der Waals surface area contributed by atoms with Gasteiger partial charge in [0, 0.05) is 6.42 Å². The van der Waals surface area contributed by atoms with E-state index in [1.54, 1.807) is 6.08 Å². The van der Waals surface area contributed by atoms with Crippen LogP contribution in [0.3, 0.4) is 0 Å². The SMILES string of the molecule is CCCCCCCCCC/C=C\CCCCCCCCCCCCCCCC(=O)NC(CO)C(O)/C=C/CC/C=C/CCCCCCCCCCCCC. The molecule has 0 aliphatic carbocycles. The number of hydrogen-bond acceptors (Lipinski definition) is 3. The van der Waals surface area contributed by atoms with Gasteiger partial charge in [-0.2, -0.15) is 0 Å². The van der Waals surface area contributed by atoms with Crippen molar-refractivity contribution in [3.8, 4) is 0 Å². The Morgan fingerprint density at radius 2 is 0.722 bits per heavy atom. The molecular formula is C50H95NO3. The van der Waals surface area contributed by atoms with Crippen LogP contribution in [0, 0.1) is 0 Å². The summed E-state index contributed by atoms with van der Waals surface area (Å²) < 4.78 is 0. The molecule has 4 nitrogen and oxygen atoms in total. The van der Waals surface area contributed by atoms with E-state index in [2.05, 4.69) is 43.5 Å². The number of allylic oxidation sites excluding steroid dienone is 5. The maximum atomic E-state index is 12.4. The zero-order valence-electron chi connectivity index (χ0n) is 36.5. The fraction of sp³-hybridized carbons (Fsp3) is 0.860. The molecule has 0 aromatic carbocycles. The van der Waals surface area contributed by atoms with Crippen LogP contribution in [-0.2, 0) is 4.79 Å². The molecule has 0 aliphatic rings. The Labute approximate surface area is 338 Å². The van der Waals surface area contributed by atoms with Crippen LogP contribution in [0.2, 0.25) is 0 Å². The molecule has 0 heterocycles. The van der Waals surface area contributed by atoms with Crippen molar-refractivity contribution in [2.45, 2.75) is 270 Å². The molecule has 4 heteroatoms. The number of hydrogen-bond donors (Lipinski definition) is 3. The van der Waals surface area contributed by atoms with Crippen LogP contribution in [0.5, 0.6) is 0 Å². The molecule has 0 radical (unpaired) electrons. The lowest BCUT2D eigenvalue weighted by molar-refractivity contribution is -0.123. The Kier molecular flexibility index (Phi) is 44.8. The standard InChI is InChI=1S/C50H95NO3/c1-3-5-7-9-11-13-15-17-19-21-22-23-24-25-26-27-28-30-32-34-36-38-40-42-44-46-50(54)51-48(47-52)49(53)45-43-41-39-37-35-33-31-29-20-18-16-14-12-10-8-6-4-2/h21-22,35,37,43,45,48-49,52-53H,3-20,23-34,36,38-42,44,46-47H2,1-2H3,(H,51,54)/b22-21-,37-35+,45-43+. The molecule has 3 N–H and O–H groups in total. The summed E-state index contributed by atoms with van der Waals surface area (Å²) in [6.45, 7) is 4.31. The maximum absolute atomic E-state index is 12.4. The summed E-state index contributed by atoms with van der Waals surface area (Å²) in [4.78, 5) is 12.4. The number of rotatable bonds is 44. The van der Waals surface area contributed by atoms with Gasteiger partial charge in [-0.25, -0.2) is 0 Å². The number of nitrogens with one attached hydrogen (secondary N) is 1. The maximum Gasteiger partial charge on any atom is 0.220 e. The van der Waals surface area contributed by atoms with E-state index in [0.29, 0.717) is 6.42 Å². The number of aliphatic hydroxyl groups excluding tert-OH is 2. The molecule has 0 aromatic heterocycles. The van der Waals surface area contributed by atoms with Crippen LogP contribution < -0.4 is 5.32 Å². The molecule has 0 aromatic rings. The first-order valence-corrected chi connectivity index (χ1v) is 24.2. The lowest BCUT2D eigenvalue weighted by Crippen LogP contribution is -2.45. The van der Waals surface area contributed by atoms with Gasteiger partial charge in [-0.1, -0.05) is 230 Å². The number of aliphatic hydroxyl groups is 2. The third kappa shape index (κ3) is 41.8. The van der Waals surface area contributed by atoms with Gasteiger partial charge in [0.05, 0.1) is 18.8 Å². The molecule has 0 bridgehead atoms. The largest absolute Gasteiger partial charge is 0.394 e. The average Bonchev–Trinajstić information content (AvgIpc) is 3.18. The van der Waals surface area contributed by atoms with Gasteiger partial charge in [0.1, 0.15) is 0 Å². The van der Waals surface area contributed by atoms with Crippen molar-refractivity contribution in [1.82, 2.24) is 5.32 Å². The summed E-state index contributed by atoms with van der Waals surface area (Å²) in [5, 5.41) is 23.0. The zero-order chi connectivity index (χ0) is 39.3. The van der Waals surface area contributed by atoms with Gasteiger partial charge in [0.15, 0.2) is 0 Å². The van der Waals surface area contributed by atoms with Crippen LogP contribution in [0.15, 0.2) is 36.5 Å². The number of amides is 1. The lowest BCUT2D eigenvalue weighted by atomic mass is 10.0. The Morgan fingerprint density at radius 3 is 1.07 bits per heavy atom. The molecular weight excluding hydrogens is 663 g/mol. The number of carbonyl (C=O) groups is 1. The van der Waals surface area contributed by atoms with Crippen LogP contribution in [-0.4, -0.2) is 34.9 Å². The smallest absolute Gasteiger partial charge is 0.220 e. The first-order chi connectivity index (χ1) is 26.7. The van der Waals surface area contributed by atoms with Crippen molar-refractivity contribution < 1.29 is 15.0 Å².